The van der Waals surface area contributed by atoms with E-state index in [1.807, 2.05) is 42.7 Å². The third-order valence-electron chi connectivity index (χ3n) is 3.43. The molecule has 116 valence electrons. The van der Waals surface area contributed by atoms with Gasteiger partial charge in [0.2, 0.25) is 5.91 Å². The lowest BCUT2D eigenvalue weighted by atomic mass is 10.4. The Balaban J connectivity index is 2.14. The zero-order valence-corrected chi connectivity index (χ0v) is 13.6. The molecule has 0 aromatic carbocycles. The fourth-order valence-electron chi connectivity index (χ4n) is 2.56. The maximum atomic E-state index is 12.6. The van der Waals surface area contributed by atoms with Crippen LogP contribution in [0.1, 0.15) is 26.6 Å². The van der Waals surface area contributed by atoms with Crippen LogP contribution in [0.4, 0.5) is 0 Å². The van der Waals surface area contributed by atoms with E-state index >= 15 is 0 Å². The van der Waals surface area contributed by atoms with E-state index in [9.17, 15) is 9.59 Å². The lowest BCUT2D eigenvalue weighted by Gasteiger charge is -2.11. The van der Waals surface area contributed by atoms with Crippen LogP contribution >= 0.6 is 11.3 Å². The molecule has 3 aromatic heterocycles. The maximum Gasteiger partial charge on any atom is 0.291 e. The molecule has 0 unspecified atom stereocenters. The van der Waals surface area contributed by atoms with Crippen LogP contribution in [0.3, 0.4) is 0 Å². The van der Waals surface area contributed by atoms with Crippen molar-refractivity contribution in [1.82, 2.24) is 19.5 Å². The second kappa shape index (κ2) is 5.57. The molecule has 0 aliphatic carbocycles. The molecule has 3 heterocycles. The largest absolute Gasteiger partial charge is 0.352 e. The molecule has 0 saturated heterocycles. The van der Waals surface area contributed by atoms with Gasteiger partial charge in [-0.2, -0.15) is 5.10 Å². The molecule has 6 nitrogen and oxygen atoms in total. The summed E-state index contributed by atoms with van der Waals surface area (Å²) in [4.78, 5) is 24.5. The number of aryl methyl sites for hydroxylation is 1. The highest BCUT2D eigenvalue weighted by molar-refractivity contribution is 7.17. The molecule has 0 atom stereocenters. The number of carbonyl (C=O) groups is 1. The lowest BCUT2D eigenvalue weighted by Crippen LogP contribution is -2.37. The van der Waals surface area contributed by atoms with Gasteiger partial charge in [0.15, 0.2) is 0 Å². The van der Waals surface area contributed by atoms with Crippen molar-refractivity contribution in [2.45, 2.75) is 39.8 Å². The quantitative estimate of drug-likeness (QED) is 0.797. The van der Waals surface area contributed by atoms with Gasteiger partial charge in [0.05, 0.1) is 10.2 Å². The molecular weight excluding hydrogens is 300 g/mol. The number of nitrogens with zero attached hydrogens (tertiary/aromatic N) is 3. The maximum absolute atomic E-state index is 12.6. The fourth-order valence-corrected chi connectivity index (χ4v) is 3.37. The van der Waals surface area contributed by atoms with Crippen molar-refractivity contribution in [2.75, 3.05) is 0 Å². The van der Waals surface area contributed by atoms with Crippen molar-refractivity contribution in [3.05, 3.63) is 33.7 Å². The minimum Gasteiger partial charge on any atom is -0.352 e. The Kier molecular flexibility index (Phi) is 3.74. The number of rotatable bonds is 4. The first-order valence-corrected chi connectivity index (χ1v) is 8.17. The van der Waals surface area contributed by atoms with Crippen molar-refractivity contribution < 1.29 is 4.79 Å². The van der Waals surface area contributed by atoms with Gasteiger partial charge < -0.3 is 5.32 Å². The molecular formula is C15H18N4O2S. The summed E-state index contributed by atoms with van der Waals surface area (Å²) in [6.07, 6.45) is 0.683. The van der Waals surface area contributed by atoms with E-state index in [0.717, 1.165) is 16.0 Å². The number of nitrogens with one attached hydrogen (secondary N) is 1. The van der Waals surface area contributed by atoms with Gasteiger partial charge in [-0.05, 0) is 31.4 Å². The Morgan fingerprint density at radius 3 is 2.86 bits per heavy atom. The predicted molar refractivity (Wildman–Crippen MR) is 87.5 cm³/mol. The van der Waals surface area contributed by atoms with Crippen LogP contribution in [0.25, 0.3) is 15.7 Å². The van der Waals surface area contributed by atoms with Crippen molar-refractivity contribution in [1.29, 1.82) is 0 Å². The number of hydrogen-bond donors (Lipinski definition) is 1. The van der Waals surface area contributed by atoms with Crippen LogP contribution in [0, 0.1) is 0 Å². The third kappa shape index (κ3) is 2.41. The first kappa shape index (κ1) is 14.8. The Labute approximate surface area is 131 Å². The Bertz CT molecular complexity index is 903. The number of amides is 1. The first-order chi connectivity index (χ1) is 10.5. The fraction of sp³-hybridized carbons (Fsp3) is 0.400. The monoisotopic (exact) mass is 318 g/mol. The standard InChI is InChI=1S/C15H18N4O2S/c1-4-13-17-18(8-14(20)16-9(2)3)15(21)11-7-12-10(19(11)13)5-6-22-12/h5-7,9H,4,8H2,1-3H3,(H,16,20). The highest BCUT2D eigenvalue weighted by atomic mass is 32.1. The summed E-state index contributed by atoms with van der Waals surface area (Å²) in [6.45, 7) is 5.70. The zero-order chi connectivity index (χ0) is 15.9. The first-order valence-electron chi connectivity index (χ1n) is 7.29. The topological polar surface area (TPSA) is 68.4 Å². The summed E-state index contributed by atoms with van der Waals surface area (Å²) >= 11 is 1.59. The molecule has 0 bridgehead atoms. The van der Waals surface area contributed by atoms with Gasteiger partial charge in [-0.15, -0.1) is 11.3 Å². The third-order valence-corrected chi connectivity index (χ3v) is 4.28. The van der Waals surface area contributed by atoms with E-state index in [4.69, 9.17) is 0 Å². The van der Waals surface area contributed by atoms with Crippen LogP contribution in [-0.2, 0) is 17.8 Å². The van der Waals surface area contributed by atoms with Crippen molar-refractivity contribution in [2.24, 2.45) is 0 Å². The molecule has 1 N–H and O–H groups in total. The van der Waals surface area contributed by atoms with E-state index in [0.29, 0.717) is 11.9 Å². The lowest BCUT2D eigenvalue weighted by molar-refractivity contribution is -0.122. The predicted octanol–water partition coefficient (Wildman–Crippen LogP) is 1.80. The van der Waals surface area contributed by atoms with E-state index in [1.165, 1.54) is 4.68 Å². The zero-order valence-electron chi connectivity index (χ0n) is 12.8. The summed E-state index contributed by atoms with van der Waals surface area (Å²) in [6, 6.07) is 3.90. The number of hydrogen-bond acceptors (Lipinski definition) is 4. The number of thiophene rings is 1. The van der Waals surface area contributed by atoms with Gasteiger partial charge >= 0.3 is 0 Å². The van der Waals surface area contributed by atoms with E-state index in [1.54, 1.807) is 11.3 Å². The van der Waals surface area contributed by atoms with Crippen LogP contribution < -0.4 is 10.9 Å². The second-order valence-corrected chi connectivity index (χ2v) is 6.44. The minimum atomic E-state index is -0.237. The number of carbonyl (C=O) groups excluding carboxylic acids is 1. The van der Waals surface area contributed by atoms with Crippen LogP contribution in [-0.4, -0.2) is 26.1 Å². The van der Waals surface area contributed by atoms with Gasteiger partial charge in [-0.1, -0.05) is 6.92 Å². The molecule has 22 heavy (non-hydrogen) atoms. The highest BCUT2D eigenvalue weighted by Crippen LogP contribution is 2.24. The summed E-state index contributed by atoms with van der Waals surface area (Å²) in [5.74, 6) is 0.574. The molecule has 1 amide bonds. The Morgan fingerprint density at radius 1 is 1.41 bits per heavy atom. The van der Waals surface area contributed by atoms with Crippen LogP contribution in [0.15, 0.2) is 22.3 Å². The Hall–Kier alpha value is -2.15. The summed E-state index contributed by atoms with van der Waals surface area (Å²) in [7, 11) is 0. The normalized spacial score (nSPS) is 11.6. The van der Waals surface area contributed by atoms with E-state index < -0.39 is 0 Å². The van der Waals surface area contributed by atoms with Gasteiger partial charge in [-0.25, -0.2) is 4.68 Å². The average Bonchev–Trinajstić information content (AvgIpc) is 3.02. The van der Waals surface area contributed by atoms with Gasteiger partial charge in [0, 0.05) is 12.5 Å². The smallest absolute Gasteiger partial charge is 0.291 e. The SMILES string of the molecule is CCc1nn(CC(=O)NC(C)C)c(=O)c2cc3sccc3n12. The molecule has 0 aliphatic rings. The molecule has 0 fully saturated rings. The van der Waals surface area contributed by atoms with E-state index in [-0.39, 0.29) is 24.1 Å². The minimum absolute atomic E-state index is 0.0382. The van der Waals surface area contributed by atoms with Crippen molar-refractivity contribution in [3.63, 3.8) is 0 Å². The molecule has 0 saturated carbocycles. The summed E-state index contributed by atoms with van der Waals surface area (Å²) in [5.41, 5.74) is 1.34. The van der Waals surface area contributed by atoms with Crippen LogP contribution in [0.5, 0.6) is 0 Å². The molecule has 3 aromatic rings. The van der Waals surface area contributed by atoms with Crippen LogP contribution in [0.2, 0.25) is 0 Å². The average molecular weight is 318 g/mol. The molecule has 0 aliphatic heterocycles. The summed E-state index contributed by atoms with van der Waals surface area (Å²) < 4.78 is 4.21. The summed E-state index contributed by atoms with van der Waals surface area (Å²) in [5, 5.41) is 9.16. The van der Waals surface area contributed by atoms with Crippen molar-refractivity contribution in [3.8, 4) is 0 Å². The number of fused-ring (bicyclic) bond motifs is 3. The second-order valence-electron chi connectivity index (χ2n) is 5.49. The molecule has 0 spiro atoms. The van der Waals surface area contributed by atoms with Gasteiger partial charge in [0.1, 0.15) is 17.9 Å². The van der Waals surface area contributed by atoms with Gasteiger partial charge in [-0.3, -0.25) is 14.0 Å². The highest BCUT2D eigenvalue weighted by Gasteiger charge is 2.15. The van der Waals surface area contributed by atoms with Gasteiger partial charge in [0.25, 0.3) is 5.56 Å². The Morgan fingerprint density at radius 2 is 2.18 bits per heavy atom. The molecule has 3 rings (SSSR count). The number of aromatic nitrogens is 3. The molecule has 7 heteroatoms. The molecule has 0 radical (unpaired) electrons. The van der Waals surface area contributed by atoms with E-state index in [2.05, 4.69) is 10.4 Å². The van der Waals surface area contributed by atoms with Crippen molar-refractivity contribution >= 4 is 33.0 Å².